The first kappa shape index (κ1) is 19.0. The highest BCUT2D eigenvalue weighted by molar-refractivity contribution is 5.83. The molecule has 2 N–H and O–H groups in total. The van der Waals surface area contributed by atoms with E-state index in [1.165, 1.54) is 26.4 Å². The van der Waals surface area contributed by atoms with Crippen LogP contribution in [0.1, 0.15) is 44.6 Å². The van der Waals surface area contributed by atoms with Gasteiger partial charge in [-0.3, -0.25) is 0 Å². The van der Waals surface area contributed by atoms with Gasteiger partial charge in [-0.2, -0.15) is 0 Å². The number of methoxy groups -OCH3 is 1. The quantitative estimate of drug-likeness (QED) is 0.514. The van der Waals surface area contributed by atoms with Crippen molar-refractivity contribution in [3.05, 3.63) is 35.9 Å². The summed E-state index contributed by atoms with van der Waals surface area (Å²) in [5.41, 5.74) is 0.975. The van der Waals surface area contributed by atoms with Gasteiger partial charge in [0, 0.05) is 13.0 Å². The van der Waals surface area contributed by atoms with Gasteiger partial charge >= 0.3 is 12.0 Å². The molecule has 0 aliphatic rings. The number of benzene rings is 1. The third-order valence-corrected chi connectivity index (χ3v) is 3.64. The lowest BCUT2D eigenvalue weighted by atomic mass is 10.1. The molecule has 1 aromatic rings. The van der Waals surface area contributed by atoms with Gasteiger partial charge in [0.2, 0.25) is 0 Å². The number of hydrogen-bond donors (Lipinski definition) is 2. The minimum Gasteiger partial charge on any atom is -0.467 e. The first-order valence-electron chi connectivity index (χ1n) is 8.33. The minimum atomic E-state index is -0.678. The molecule has 1 atom stereocenters. The van der Waals surface area contributed by atoms with Crippen LogP contribution in [0.4, 0.5) is 4.79 Å². The molecule has 0 aliphatic carbocycles. The van der Waals surface area contributed by atoms with E-state index < -0.39 is 12.0 Å². The summed E-state index contributed by atoms with van der Waals surface area (Å²) in [5.74, 6) is -0.438. The highest BCUT2D eigenvalue weighted by Crippen LogP contribution is 2.05. The summed E-state index contributed by atoms with van der Waals surface area (Å²) in [7, 11) is 1.33. The van der Waals surface area contributed by atoms with Crippen LogP contribution < -0.4 is 10.6 Å². The summed E-state index contributed by atoms with van der Waals surface area (Å²) < 4.78 is 4.77. The van der Waals surface area contributed by atoms with E-state index in [4.69, 9.17) is 4.74 Å². The van der Waals surface area contributed by atoms with E-state index in [9.17, 15) is 9.59 Å². The van der Waals surface area contributed by atoms with Crippen molar-refractivity contribution < 1.29 is 14.3 Å². The predicted octanol–water partition coefficient (Wildman–Crippen LogP) is 3.04. The lowest BCUT2D eigenvalue weighted by molar-refractivity contribution is -0.142. The normalized spacial score (nSPS) is 11.6. The van der Waals surface area contributed by atoms with Crippen molar-refractivity contribution >= 4 is 12.0 Å². The first-order chi connectivity index (χ1) is 11.2. The molecule has 1 rings (SSSR count). The Hall–Kier alpha value is -2.04. The molecular formula is C18H28N2O3. The van der Waals surface area contributed by atoms with Gasteiger partial charge < -0.3 is 15.4 Å². The van der Waals surface area contributed by atoms with E-state index >= 15 is 0 Å². The van der Waals surface area contributed by atoms with Crippen LogP contribution in [0.15, 0.2) is 30.3 Å². The molecule has 1 aromatic carbocycles. The zero-order chi connectivity index (χ0) is 16.9. The average molecular weight is 320 g/mol. The van der Waals surface area contributed by atoms with Crippen LogP contribution in [0.25, 0.3) is 0 Å². The number of rotatable bonds is 10. The molecule has 5 heteroatoms. The van der Waals surface area contributed by atoms with Crippen LogP contribution >= 0.6 is 0 Å². The Labute approximate surface area is 138 Å². The molecule has 2 amide bonds. The van der Waals surface area contributed by atoms with Crippen LogP contribution in [0.2, 0.25) is 0 Å². The van der Waals surface area contributed by atoms with E-state index in [2.05, 4.69) is 17.6 Å². The Kier molecular flexibility index (Phi) is 9.52. The van der Waals surface area contributed by atoms with Crippen LogP contribution in [0, 0.1) is 0 Å². The van der Waals surface area contributed by atoms with Crippen LogP contribution in [0.5, 0.6) is 0 Å². The number of esters is 1. The summed E-state index contributed by atoms with van der Waals surface area (Å²) in [6.45, 7) is 2.79. The maximum atomic E-state index is 11.9. The molecule has 1 unspecified atom stereocenters. The van der Waals surface area contributed by atoms with E-state index in [1.54, 1.807) is 0 Å². The molecule has 0 saturated heterocycles. The third-order valence-electron chi connectivity index (χ3n) is 3.64. The predicted molar refractivity (Wildman–Crippen MR) is 91.2 cm³/mol. The second-order valence-electron chi connectivity index (χ2n) is 5.58. The Morgan fingerprint density at radius 3 is 2.43 bits per heavy atom. The SMILES string of the molecule is CCCCCCCNC(=O)NC(Cc1ccccc1)C(=O)OC. The number of nitrogens with one attached hydrogen (secondary N) is 2. The smallest absolute Gasteiger partial charge is 0.328 e. The second-order valence-corrected chi connectivity index (χ2v) is 5.58. The Morgan fingerprint density at radius 2 is 1.78 bits per heavy atom. The monoisotopic (exact) mass is 320 g/mol. The van der Waals surface area contributed by atoms with Gasteiger partial charge in [-0.15, -0.1) is 0 Å². The lowest BCUT2D eigenvalue weighted by Crippen LogP contribution is -2.47. The van der Waals surface area contributed by atoms with Crippen molar-refractivity contribution in [2.45, 2.75) is 51.5 Å². The lowest BCUT2D eigenvalue weighted by Gasteiger charge is -2.17. The summed E-state index contributed by atoms with van der Waals surface area (Å²) >= 11 is 0. The largest absolute Gasteiger partial charge is 0.467 e. The van der Waals surface area contributed by atoms with Gasteiger partial charge in [-0.25, -0.2) is 9.59 Å². The van der Waals surface area contributed by atoms with Crippen molar-refractivity contribution in [2.75, 3.05) is 13.7 Å². The molecule has 23 heavy (non-hydrogen) atoms. The van der Waals surface area contributed by atoms with E-state index in [-0.39, 0.29) is 6.03 Å². The fourth-order valence-electron chi connectivity index (χ4n) is 2.33. The Balaban J connectivity index is 2.38. The highest BCUT2D eigenvalue weighted by Gasteiger charge is 2.21. The van der Waals surface area contributed by atoms with E-state index in [1.807, 2.05) is 30.3 Å². The number of amides is 2. The molecule has 0 bridgehead atoms. The topological polar surface area (TPSA) is 67.4 Å². The molecule has 0 saturated carbocycles. The maximum Gasteiger partial charge on any atom is 0.328 e. The number of carbonyl (C=O) groups is 2. The fraction of sp³-hybridized carbons (Fsp3) is 0.556. The Morgan fingerprint density at radius 1 is 1.09 bits per heavy atom. The zero-order valence-electron chi connectivity index (χ0n) is 14.1. The molecule has 0 radical (unpaired) electrons. The minimum absolute atomic E-state index is 0.327. The second kappa shape index (κ2) is 11.5. The molecule has 128 valence electrons. The van der Waals surface area contributed by atoms with Gasteiger partial charge in [0.1, 0.15) is 6.04 Å². The molecule has 0 heterocycles. The first-order valence-corrected chi connectivity index (χ1v) is 8.33. The number of ether oxygens (including phenoxy) is 1. The van der Waals surface area contributed by atoms with Gasteiger partial charge in [-0.1, -0.05) is 62.9 Å². The molecule has 0 aliphatic heterocycles. The Bertz CT molecular complexity index is 463. The van der Waals surface area contributed by atoms with Crippen LogP contribution in [0.3, 0.4) is 0 Å². The number of unbranched alkanes of at least 4 members (excludes halogenated alkanes) is 4. The summed E-state index contributed by atoms with van der Waals surface area (Å²) in [6, 6.07) is 8.55. The number of hydrogen-bond acceptors (Lipinski definition) is 3. The summed E-state index contributed by atoms with van der Waals surface area (Å²) in [6.07, 6.45) is 6.10. The standard InChI is InChI=1S/C18H28N2O3/c1-3-4-5-6-10-13-19-18(22)20-16(17(21)23-2)14-15-11-8-7-9-12-15/h7-9,11-12,16H,3-6,10,13-14H2,1-2H3,(H2,19,20,22). The van der Waals surface area contributed by atoms with Crippen molar-refractivity contribution in [2.24, 2.45) is 0 Å². The van der Waals surface area contributed by atoms with Crippen molar-refractivity contribution in [1.29, 1.82) is 0 Å². The van der Waals surface area contributed by atoms with Crippen molar-refractivity contribution in [3.8, 4) is 0 Å². The number of carbonyl (C=O) groups excluding carboxylic acids is 2. The zero-order valence-corrected chi connectivity index (χ0v) is 14.1. The number of urea groups is 1. The molecule has 0 aromatic heterocycles. The molecule has 0 spiro atoms. The molecule has 0 fully saturated rings. The fourth-order valence-corrected chi connectivity index (χ4v) is 2.33. The van der Waals surface area contributed by atoms with Crippen LogP contribution in [-0.4, -0.2) is 31.7 Å². The van der Waals surface area contributed by atoms with Gasteiger partial charge in [0.05, 0.1) is 7.11 Å². The van der Waals surface area contributed by atoms with Crippen molar-refractivity contribution in [3.63, 3.8) is 0 Å². The summed E-state index contributed by atoms with van der Waals surface area (Å²) in [5, 5.41) is 5.49. The van der Waals surface area contributed by atoms with E-state index in [0.717, 1.165) is 18.4 Å². The van der Waals surface area contributed by atoms with E-state index in [0.29, 0.717) is 13.0 Å². The van der Waals surface area contributed by atoms with Gasteiger partial charge in [0.15, 0.2) is 0 Å². The maximum absolute atomic E-state index is 11.9. The van der Waals surface area contributed by atoms with Crippen molar-refractivity contribution in [1.82, 2.24) is 10.6 Å². The van der Waals surface area contributed by atoms with Crippen LogP contribution in [-0.2, 0) is 16.0 Å². The highest BCUT2D eigenvalue weighted by atomic mass is 16.5. The molecule has 5 nitrogen and oxygen atoms in total. The molecular weight excluding hydrogens is 292 g/mol. The third kappa shape index (κ3) is 8.24. The summed E-state index contributed by atoms with van der Waals surface area (Å²) in [4.78, 5) is 23.8. The average Bonchev–Trinajstić information content (AvgIpc) is 2.57. The van der Waals surface area contributed by atoms with Gasteiger partial charge in [0.25, 0.3) is 0 Å². The van der Waals surface area contributed by atoms with Gasteiger partial charge in [-0.05, 0) is 12.0 Å².